The predicted molar refractivity (Wildman–Crippen MR) is 85.3 cm³/mol. The van der Waals surface area contributed by atoms with Gasteiger partial charge in [0.2, 0.25) is 0 Å². The summed E-state index contributed by atoms with van der Waals surface area (Å²) in [6.07, 6.45) is 3.82. The summed E-state index contributed by atoms with van der Waals surface area (Å²) in [6, 6.07) is 6.29. The molecule has 2 rings (SSSR count). The van der Waals surface area contributed by atoms with E-state index in [0.29, 0.717) is 12.5 Å². The van der Waals surface area contributed by atoms with Crippen molar-refractivity contribution in [3.63, 3.8) is 0 Å². The van der Waals surface area contributed by atoms with E-state index in [9.17, 15) is 0 Å². The van der Waals surface area contributed by atoms with Crippen LogP contribution in [0, 0.1) is 12.8 Å². The van der Waals surface area contributed by atoms with Gasteiger partial charge in [0, 0.05) is 30.9 Å². The normalized spacial score (nSPS) is 11.1. The fraction of sp³-hybridized carbons (Fsp3) is 0.471. The Morgan fingerprint density at radius 2 is 2.14 bits per heavy atom. The van der Waals surface area contributed by atoms with Crippen LogP contribution < -0.4 is 10.1 Å². The lowest BCUT2D eigenvalue weighted by Gasteiger charge is -2.15. The first kappa shape index (κ1) is 15.6. The topological polar surface area (TPSA) is 39.1 Å². The number of nitrogens with zero attached hydrogens (tertiary/aromatic N) is 2. The Kier molecular flexibility index (Phi) is 5.39. The number of para-hydroxylation sites is 1. The number of rotatable bonds is 7. The summed E-state index contributed by atoms with van der Waals surface area (Å²) in [5.74, 6) is 1.63. The molecule has 0 radical (unpaired) electrons. The molecule has 21 heavy (non-hydrogen) atoms. The van der Waals surface area contributed by atoms with Gasteiger partial charge in [0.1, 0.15) is 12.4 Å². The average molecular weight is 287 g/mol. The molecule has 0 spiro atoms. The smallest absolute Gasteiger partial charge is 0.127 e. The van der Waals surface area contributed by atoms with Crippen LogP contribution in [0.4, 0.5) is 0 Å². The molecule has 0 saturated heterocycles. The molecule has 0 aliphatic rings. The largest absolute Gasteiger partial charge is 0.488 e. The first-order valence-corrected chi connectivity index (χ1v) is 7.45. The van der Waals surface area contributed by atoms with Gasteiger partial charge in [-0.15, -0.1) is 0 Å². The zero-order valence-electron chi connectivity index (χ0n) is 13.4. The highest BCUT2D eigenvalue weighted by atomic mass is 16.5. The second-order valence-corrected chi connectivity index (χ2v) is 5.90. The minimum absolute atomic E-state index is 0.551. The number of hydrogen-bond donors (Lipinski definition) is 1. The Labute approximate surface area is 127 Å². The number of aryl methyl sites for hydroxylation is 2. The molecule has 0 bridgehead atoms. The SMILES string of the molecule is Cc1cccc(CNCC(C)C)c1OCc1cnn(C)c1. The summed E-state index contributed by atoms with van der Waals surface area (Å²) in [4.78, 5) is 0. The molecule has 0 atom stereocenters. The highest BCUT2D eigenvalue weighted by Gasteiger charge is 2.08. The van der Waals surface area contributed by atoms with Gasteiger partial charge in [-0.3, -0.25) is 4.68 Å². The van der Waals surface area contributed by atoms with Crippen molar-refractivity contribution >= 4 is 0 Å². The van der Waals surface area contributed by atoms with E-state index in [-0.39, 0.29) is 0 Å². The quantitative estimate of drug-likeness (QED) is 0.850. The van der Waals surface area contributed by atoms with Crippen LogP contribution >= 0.6 is 0 Å². The standard InChI is InChI=1S/C17H25N3O/c1-13(2)8-18-10-16-7-5-6-14(3)17(16)21-12-15-9-19-20(4)11-15/h5-7,9,11,13,18H,8,10,12H2,1-4H3. The molecule has 114 valence electrons. The molecule has 2 aromatic rings. The summed E-state index contributed by atoms with van der Waals surface area (Å²) in [6.45, 7) is 8.91. The maximum atomic E-state index is 6.03. The van der Waals surface area contributed by atoms with Gasteiger partial charge in [-0.2, -0.15) is 5.10 Å². The van der Waals surface area contributed by atoms with Crippen LogP contribution in [-0.2, 0) is 20.2 Å². The van der Waals surface area contributed by atoms with Crippen molar-refractivity contribution in [2.24, 2.45) is 13.0 Å². The zero-order chi connectivity index (χ0) is 15.2. The molecule has 0 aliphatic heterocycles. The fourth-order valence-electron chi connectivity index (χ4n) is 2.26. The summed E-state index contributed by atoms with van der Waals surface area (Å²) < 4.78 is 7.82. The maximum absolute atomic E-state index is 6.03. The number of ether oxygens (including phenoxy) is 1. The van der Waals surface area contributed by atoms with E-state index < -0.39 is 0 Å². The Bertz CT molecular complexity index is 575. The number of benzene rings is 1. The van der Waals surface area contributed by atoms with Crippen molar-refractivity contribution in [2.75, 3.05) is 6.54 Å². The number of hydrogen-bond acceptors (Lipinski definition) is 3. The molecule has 1 aromatic heterocycles. The lowest BCUT2D eigenvalue weighted by Crippen LogP contribution is -2.19. The van der Waals surface area contributed by atoms with E-state index in [1.165, 1.54) is 11.1 Å². The van der Waals surface area contributed by atoms with Crippen LogP contribution in [-0.4, -0.2) is 16.3 Å². The van der Waals surface area contributed by atoms with E-state index in [2.05, 4.69) is 49.4 Å². The van der Waals surface area contributed by atoms with Crippen molar-refractivity contribution in [3.05, 3.63) is 47.3 Å². The fourth-order valence-corrected chi connectivity index (χ4v) is 2.26. The highest BCUT2D eigenvalue weighted by molar-refractivity contribution is 5.40. The third kappa shape index (κ3) is 4.60. The first-order valence-electron chi connectivity index (χ1n) is 7.45. The van der Waals surface area contributed by atoms with Gasteiger partial charge in [-0.1, -0.05) is 32.0 Å². The molecule has 0 aliphatic carbocycles. The van der Waals surface area contributed by atoms with Crippen molar-refractivity contribution in [2.45, 2.75) is 33.9 Å². The van der Waals surface area contributed by atoms with E-state index in [1.807, 2.05) is 19.4 Å². The maximum Gasteiger partial charge on any atom is 0.127 e. The highest BCUT2D eigenvalue weighted by Crippen LogP contribution is 2.24. The minimum Gasteiger partial charge on any atom is -0.488 e. The molecule has 1 N–H and O–H groups in total. The first-order chi connectivity index (χ1) is 10.1. The molecule has 0 saturated carbocycles. The van der Waals surface area contributed by atoms with Gasteiger partial charge >= 0.3 is 0 Å². The van der Waals surface area contributed by atoms with Gasteiger partial charge in [0.15, 0.2) is 0 Å². The van der Waals surface area contributed by atoms with Gasteiger partial charge < -0.3 is 10.1 Å². The minimum atomic E-state index is 0.551. The number of aromatic nitrogens is 2. The summed E-state index contributed by atoms with van der Waals surface area (Å²) in [5, 5.41) is 7.64. The number of nitrogens with one attached hydrogen (secondary N) is 1. The monoisotopic (exact) mass is 287 g/mol. The van der Waals surface area contributed by atoms with Gasteiger partial charge in [-0.05, 0) is 24.9 Å². The molecular formula is C17H25N3O. The van der Waals surface area contributed by atoms with Gasteiger partial charge in [-0.25, -0.2) is 0 Å². The Balaban J connectivity index is 2.02. The van der Waals surface area contributed by atoms with Crippen LogP contribution in [0.3, 0.4) is 0 Å². The molecule has 4 nitrogen and oxygen atoms in total. The van der Waals surface area contributed by atoms with E-state index in [1.54, 1.807) is 4.68 Å². The molecule has 0 fully saturated rings. The van der Waals surface area contributed by atoms with E-state index in [0.717, 1.165) is 24.4 Å². The van der Waals surface area contributed by atoms with Crippen LogP contribution in [0.25, 0.3) is 0 Å². The Morgan fingerprint density at radius 3 is 2.81 bits per heavy atom. The summed E-state index contributed by atoms with van der Waals surface area (Å²) >= 11 is 0. The Hall–Kier alpha value is -1.81. The van der Waals surface area contributed by atoms with E-state index in [4.69, 9.17) is 4.74 Å². The van der Waals surface area contributed by atoms with Gasteiger partial charge in [0.05, 0.1) is 6.20 Å². The van der Waals surface area contributed by atoms with Crippen LogP contribution in [0.15, 0.2) is 30.6 Å². The van der Waals surface area contributed by atoms with E-state index >= 15 is 0 Å². The summed E-state index contributed by atoms with van der Waals surface area (Å²) in [5.41, 5.74) is 3.46. The van der Waals surface area contributed by atoms with Crippen LogP contribution in [0.5, 0.6) is 5.75 Å². The molecule has 0 unspecified atom stereocenters. The molecule has 4 heteroatoms. The lowest BCUT2D eigenvalue weighted by molar-refractivity contribution is 0.299. The van der Waals surface area contributed by atoms with Crippen LogP contribution in [0.2, 0.25) is 0 Å². The zero-order valence-corrected chi connectivity index (χ0v) is 13.4. The third-order valence-electron chi connectivity index (χ3n) is 3.30. The van der Waals surface area contributed by atoms with Crippen molar-refractivity contribution in [1.82, 2.24) is 15.1 Å². The average Bonchev–Trinajstić information content (AvgIpc) is 2.83. The molecular weight excluding hydrogens is 262 g/mol. The molecule has 1 aromatic carbocycles. The van der Waals surface area contributed by atoms with Crippen molar-refractivity contribution in [1.29, 1.82) is 0 Å². The summed E-state index contributed by atoms with van der Waals surface area (Å²) in [7, 11) is 1.92. The van der Waals surface area contributed by atoms with Crippen molar-refractivity contribution in [3.8, 4) is 5.75 Å². The van der Waals surface area contributed by atoms with Gasteiger partial charge in [0.25, 0.3) is 0 Å². The second kappa shape index (κ2) is 7.27. The Morgan fingerprint density at radius 1 is 1.33 bits per heavy atom. The predicted octanol–water partition coefficient (Wildman–Crippen LogP) is 3.05. The second-order valence-electron chi connectivity index (χ2n) is 5.90. The van der Waals surface area contributed by atoms with Crippen LogP contribution in [0.1, 0.15) is 30.5 Å². The van der Waals surface area contributed by atoms with Crippen molar-refractivity contribution < 1.29 is 4.74 Å². The lowest BCUT2D eigenvalue weighted by atomic mass is 10.1. The molecule has 1 heterocycles. The molecule has 0 amide bonds. The third-order valence-corrected chi connectivity index (χ3v) is 3.30.